The molecule has 0 atom stereocenters. The normalized spacial score (nSPS) is 13.2. The first-order valence-corrected chi connectivity index (χ1v) is 7.31. The summed E-state index contributed by atoms with van der Waals surface area (Å²) in [5.74, 6) is 1.83. The van der Waals surface area contributed by atoms with Gasteiger partial charge < -0.3 is 10.5 Å². The van der Waals surface area contributed by atoms with Gasteiger partial charge in [0.15, 0.2) is 12.3 Å². The number of H-pyrrole nitrogens is 1. The minimum Gasteiger partial charge on any atom is -0.449 e. The molecule has 20 heavy (non-hydrogen) atoms. The second kappa shape index (κ2) is 4.80. The van der Waals surface area contributed by atoms with Crippen molar-refractivity contribution >= 4 is 33.2 Å². The van der Waals surface area contributed by atoms with Crippen LogP contribution in [0.5, 0.6) is 0 Å². The van der Waals surface area contributed by atoms with Crippen LogP contribution in [0.25, 0.3) is 10.2 Å². The molecule has 0 aromatic carbocycles. The lowest BCUT2D eigenvalue weighted by atomic mass is 10.1. The number of aromatic nitrogens is 1. The maximum absolute atomic E-state index is 12.1. The Hall–Kier alpha value is -2.06. The number of nitrogens with one attached hydrogen (secondary N) is 1. The first-order chi connectivity index (χ1) is 9.63. The van der Waals surface area contributed by atoms with Gasteiger partial charge >= 0.3 is 5.97 Å². The zero-order chi connectivity index (χ0) is 14.3. The Kier molecular flexibility index (Phi) is 3.11. The number of pyridine rings is 1. The molecular weight excluding hydrogens is 272 g/mol. The molecule has 0 saturated carbocycles. The third-order valence-corrected chi connectivity index (χ3v) is 4.83. The Morgan fingerprint density at radius 2 is 2.35 bits per heavy atom. The van der Waals surface area contributed by atoms with E-state index in [0.29, 0.717) is 11.3 Å². The summed E-state index contributed by atoms with van der Waals surface area (Å²) < 4.78 is 5.01. The number of ether oxygens (including phenoxy) is 1. The number of terminal acetylenes is 1. The molecule has 0 spiro atoms. The number of hydrogen-bond donors (Lipinski definition) is 1. The van der Waals surface area contributed by atoms with Gasteiger partial charge in [0.1, 0.15) is 5.56 Å². The highest BCUT2D eigenvalue weighted by Crippen LogP contribution is 2.39. The van der Waals surface area contributed by atoms with Gasteiger partial charge in [-0.05, 0) is 24.8 Å². The van der Waals surface area contributed by atoms with Crippen molar-refractivity contribution < 1.29 is 14.5 Å². The summed E-state index contributed by atoms with van der Waals surface area (Å²) in [7, 11) is 0. The average Bonchev–Trinajstić information content (AvgIpc) is 2.95. The molecule has 1 aliphatic carbocycles. The maximum atomic E-state index is 12.1. The lowest BCUT2D eigenvalue weighted by molar-refractivity contribution is -0.352. The molecule has 0 bridgehead atoms. The van der Waals surface area contributed by atoms with E-state index in [1.165, 1.54) is 10.4 Å². The standard InChI is InChI=1S/C15H14N2O2S/c1-3-7-19-15(18)11-8(2)17-14-12(13(11)16)9-5-4-6-10(9)20-14/h1H,4-7H2,2H3,(H2,16,17)/p+1. The number of carbonyl (C=O) groups is 1. The zero-order valence-electron chi connectivity index (χ0n) is 11.2. The number of aromatic amines is 1. The Morgan fingerprint density at radius 1 is 1.55 bits per heavy atom. The highest BCUT2D eigenvalue weighted by Gasteiger charge is 2.29. The average molecular weight is 287 g/mol. The Labute approximate surface area is 121 Å². The minimum absolute atomic E-state index is 0.0442. The van der Waals surface area contributed by atoms with Crippen molar-refractivity contribution in [2.75, 3.05) is 12.3 Å². The van der Waals surface area contributed by atoms with Crippen LogP contribution in [0.2, 0.25) is 0 Å². The molecule has 2 aromatic heterocycles. The number of aryl methyl sites for hydroxylation is 3. The van der Waals surface area contributed by atoms with Crippen molar-refractivity contribution in [2.24, 2.45) is 0 Å². The third kappa shape index (κ3) is 1.84. The van der Waals surface area contributed by atoms with Crippen molar-refractivity contribution in [1.82, 2.24) is 0 Å². The van der Waals surface area contributed by atoms with Gasteiger partial charge in [0.05, 0.1) is 11.1 Å². The number of anilines is 1. The highest BCUT2D eigenvalue weighted by molar-refractivity contribution is 7.18. The Bertz CT molecular complexity index is 756. The van der Waals surface area contributed by atoms with Crippen LogP contribution in [0.4, 0.5) is 5.69 Å². The van der Waals surface area contributed by atoms with Gasteiger partial charge in [0, 0.05) is 11.8 Å². The van der Waals surface area contributed by atoms with Crippen LogP contribution < -0.4 is 10.7 Å². The summed E-state index contributed by atoms with van der Waals surface area (Å²) in [4.78, 5) is 17.8. The summed E-state index contributed by atoms with van der Waals surface area (Å²) in [6, 6.07) is 0. The molecule has 5 heteroatoms. The van der Waals surface area contributed by atoms with E-state index in [9.17, 15) is 4.79 Å². The molecule has 3 N–H and O–H groups in total. The topological polar surface area (TPSA) is 66.5 Å². The van der Waals surface area contributed by atoms with E-state index >= 15 is 0 Å². The summed E-state index contributed by atoms with van der Waals surface area (Å²) in [5, 5.41) is 0.987. The number of thiophene rings is 1. The molecule has 2 aromatic rings. The number of nitrogen functional groups attached to an aromatic ring is 1. The van der Waals surface area contributed by atoms with Gasteiger partial charge in [-0.3, -0.25) is 0 Å². The lowest BCUT2D eigenvalue weighted by Gasteiger charge is -2.06. The molecule has 102 valence electrons. The van der Waals surface area contributed by atoms with Crippen molar-refractivity contribution in [3.05, 3.63) is 21.7 Å². The van der Waals surface area contributed by atoms with Gasteiger partial charge in [0.2, 0.25) is 0 Å². The van der Waals surface area contributed by atoms with Gasteiger partial charge in [0.25, 0.3) is 4.83 Å². The lowest BCUT2D eigenvalue weighted by Crippen LogP contribution is -2.19. The summed E-state index contributed by atoms with van der Waals surface area (Å²) >= 11 is 1.73. The quantitative estimate of drug-likeness (QED) is 0.677. The van der Waals surface area contributed by atoms with Crippen molar-refractivity contribution in [2.45, 2.75) is 26.2 Å². The molecule has 0 unspecified atom stereocenters. The van der Waals surface area contributed by atoms with Crippen LogP contribution in [-0.4, -0.2) is 12.6 Å². The van der Waals surface area contributed by atoms with E-state index in [2.05, 4.69) is 10.9 Å². The van der Waals surface area contributed by atoms with Crippen LogP contribution in [0.15, 0.2) is 0 Å². The van der Waals surface area contributed by atoms with E-state index in [4.69, 9.17) is 16.9 Å². The molecule has 3 rings (SSSR count). The molecule has 2 heterocycles. The molecule has 0 aliphatic heterocycles. The van der Waals surface area contributed by atoms with Crippen molar-refractivity contribution in [3.63, 3.8) is 0 Å². The molecule has 4 nitrogen and oxygen atoms in total. The number of carbonyl (C=O) groups excluding carboxylic acids is 1. The highest BCUT2D eigenvalue weighted by atomic mass is 32.1. The van der Waals surface area contributed by atoms with Crippen LogP contribution in [-0.2, 0) is 17.6 Å². The predicted molar refractivity (Wildman–Crippen MR) is 78.7 cm³/mol. The number of esters is 1. The fraction of sp³-hybridized carbons (Fsp3) is 0.333. The van der Waals surface area contributed by atoms with Crippen molar-refractivity contribution in [1.29, 1.82) is 0 Å². The van der Waals surface area contributed by atoms with Gasteiger partial charge in [-0.25, -0.2) is 4.79 Å². The first kappa shape index (κ1) is 12.9. The van der Waals surface area contributed by atoms with E-state index in [-0.39, 0.29) is 6.61 Å². The number of hydrogen-bond acceptors (Lipinski definition) is 4. The van der Waals surface area contributed by atoms with E-state index in [1.54, 1.807) is 11.3 Å². The second-order valence-corrected chi connectivity index (χ2v) is 5.99. The summed E-state index contributed by atoms with van der Waals surface area (Å²) in [6.07, 6.45) is 8.39. The van der Waals surface area contributed by atoms with Crippen LogP contribution in [0.3, 0.4) is 0 Å². The fourth-order valence-corrected chi connectivity index (χ4v) is 4.14. The molecule has 0 saturated heterocycles. The van der Waals surface area contributed by atoms with Gasteiger partial charge in [-0.1, -0.05) is 17.3 Å². The maximum Gasteiger partial charge on any atom is 0.347 e. The van der Waals surface area contributed by atoms with Crippen molar-refractivity contribution in [3.8, 4) is 12.3 Å². The Morgan fingerprint density at radius 3 is 3.10 bits per heavy atom. The molecule has 1 aliphatic rings. The molecule has 0 amide bonds. The van der Waals surface area contributed by atoms with Crippen LogP contribution >= 0.6 is 11.3 Å². The van der Waals surface area contributed by atoms with E-state index < -0.39 is 5.97 Å². The SMILES string of the molecule is C#CCOC(=O)c1c(C)[nH+]c2sc3c(c2c1N)CCC3. The van der Waals surface area contributed by atoms with E-state index in [1.807, 2.05) is 6.92 Å². The first-order valence-electron chi connectivity index (χ1n) is 6.49. The van der Waals surface area contributed by atoms with Gasteiger partial charge in [-0.15, -0.1) is 6.42 Å². The largest absolute Gasteiger partial charge is 0.449 e. The van der Waals surface area contributed by atoms with E-state index in [0.717, 1.165) is 35.2 Å². The monoisotopic (exact) mass is 287 g/mol. The summed E-state index contributed by atoms with van der Waals surface area (Å²) in [6.45, 7) is 1.78. The summed E-state index contributed by atoms with van der Waals surface area (Å²) in [5.41, 5.74) is 9.16. The third-order valence-electron chi connectivity index (χ3n) is 3.63. The molecular formula is C15H15N2O2S+. The zero-order valence-corrected chi connectivity index (χ0v) is 12.0. The van der Waals surface area contributed by atoms with Crippen LogP contribution in [0, 0.1) is 19.3 Å². The Balaban J connectivity index is 2.18. The number of nitrogens with two attached hydrogens (primary N) is 1. The number of rotatable bonds is 2. The fourth-order valence-electron chi connectivity index (χ4n) is 2.78. The smallest absolute Gasteiger partial charge is 0.347 e. The minimum atomic E-state index is -0.464. The predicted octanol–water partition coefficient (Wildman–Crippen LogP) is 1.88. The molecule has 0 radical (unpaired) electrons. The second-order valence-electron chi connectivity index (χ2n) is 4.88. The van der Waals surface area contributed by atoms with Crippen LogP contribution in [0.1, 0.15) is 32.9 Å². The molecule has 0 fully saturated rings. The number of fused-ring (bicyclic) bond motifs is 3. The van der Waals surface area contributed by atoms with Gasteiger partial charge in [-0.2, -0.15) is 4.98 Å².